The molecule has 2 aromatic rings. The Labute approximate surface area is 211 Å². The Balaban J connectivity index is 1.55. The molecule has 194 valence electrons. The van der Waals surface area contributed by atoms with Crippen molar-refractivity contribution in [3.63, 3.8) is 0 Å². The Morgan fingerprint density at radius 1 is 1.19 bits per heavy atom. The van der Waals surface area contributed by atoms with Crippen LogP contribution in [0.4, 0.5) is 0 Å². The minimum absolute atomic E-state index is 0.0480. The minimum atomic E-state index is -1.06. The molecule has 10 heteroatoms. The minimum Gasteiger partial charge on any atom is -0.497 e. The highest BCUT2D eigenvalue weighted by Crippen LogP contribution is 2.30. The second kappa shape index (κ2) is 10.6. The molecule has 0 radical (unpaired) electrons. The van der Waals surface area contributed by atoms with Gasteiger partial charge in [-0.15, -0.1) is 0 Å². The zero-order valence-electron chi connectivity index (χ0n) is 21.4. The van der Waals surface area contributed by atoms with Crippen molar-refractivity contribution in [1.29, 1.82) is 0 Å². The molecule has 1 aromatic heterocycles. The lowest BCUT2D eigenvalue weighted by Gasteiger charge is -2.44. The summed E-state index contributed by atoms with van der Waals surface area (Å²) >= 11 is 0. The number of aromatic nitrogens is 2. The lowest BCUT2D eigenvalue weighted by Crippen LogP contribution is -2.65. The molecule has 0 bridgehead atoms. The van der Waals surface area contributed by atoms with E-state index in [-0.39, 0.29) is 42.3 Å². The van der Waals surface area contributed by atoms with Crippen molar-refractivity contribution in [3.8, 4) is 11.5 Å². The molecule has 1 aromatic carbocycles. The van der Waals surface area contributed by atoms with Crippen LogP contribution in [0.25, 0.3) is 0 Å². The maximum atomic E-state index is 13.7. The molecule has 2 N–H and O–H groups in total. The van der Waals surface area contributed by atoms with Crippen LogP contribution in [0.3, 0.4) is 0 Å². The third-order valence-electron chi connectivity index (χ3n) is 7.13. The summed E-state index contributed by atoms with van der Waals surface area (Å²) in [5.41, 5.74) is -0.0522. The number of methoxy groups -OCH3 is 2. The van der Waals surface area contributed by atoms with Gasteiger partial charge in [0.25, 0.3) is 11.8 Å². The van der Waals surface area contributed by atoms with Crippen LogP contribution in [-0.4, -0.2) is 64.5 Å². The van der Waals surface area contributed by atoms with Crippen molar-refractivity contribution in [2.24, 2.45) is 0 Å². The van der Waals surface area contributed by atoms with Gasteiger partial charge in [-0.25, -0.2) is 4.98 Å². The predicted octanol–water partition coefficient (Wildman–Crippen LogP) is 2.51. The fourth-order valence-electron chi connectivity index (χ4n) is 5.10. The number of nitrogens with one attached hydrogen (secondary N) is 2. The van der Waals surface area contributed by atoms with Gasteiger partial charge >= 0.3 is 0 Å². The van der Waals surface area contributed by atoms with Gasteiger partial charge in [-0.1, -0.05) is 19.8 Å². The summed E-state index contributed by atoms with van der Waals surface area (Å²) in [6.07, 6.45) is 6.29. The number of carbonyl (C=O) groups is 3. The normalized spacial score (nSPS) is 19.7. The first kappa shape index (κ1) is 25.5. The smallest absolute Gasteiger partial charge is 0.273 e. The SMILES string of the molecule is CCCN1C(=O)c2c(C(=O)NCc3ccc(OC)cc3OC)ncn2CC1(C)C(=O)NC1CCCC1. The van der Waals surface area contributed by atoms with Gasteiger partial charge in [0, 0.05) is 30.8 Å². The van der Waals surface area contributed by atoms with Crippen LogP contribution in [0, 0.1) is 0 Å². The standard InChI is InChI=1S/C26H35N5O5/c1-5-12-31-24(33)22-21(23(32)27-14-17-10-11-19(35-3)13-20(17)36-4)28-16-30(22)15-26(31,2)25(34)29-18-8-6-7-9-18/h10-11,13,16,18H,5-9,12,14-15H2,1-4H3,(H,27,32)(H,29,34). The van der Waals surface area contributed by atoms with Gasteiger partial charge in [0.15, 0.2) is 5.69 Å². The molecule has 0 spiro atoms. The quantitative estimate of drug-likeness (QED) is 0.550. The summed E-state index contributed by atoms with van der Waals surface area (Å²) in [6, 6.07) is 5.48. The lowest BCUT2D eigenvalue weighted by atomic mass is 9.93. The molecule has 10 nitrogen and oxygen atoms in total. The van der Waals surface area contributed by atoms with E-state index in [1.807, 2.05) is 13.0 Å². The fourth-order valence-corrected chi connectivity index (χ4v) is 5.10. The average molecular weight is 498 g/mol. The maximum Gasteiger partial charge on any atom is 0.273 e. The summed E-state index contributed by atoms with van der Waals surface area (Å²) in [4.78, 5) is 46.0. The second-order valence-corrected chi connectivity index (χ2v) is 9.62. The number of nitrogens with zero attached hydrogens (tertiary/aromatic N) is 3. The maximum absolute atomic E-state index is 13.7. The van der Waals surface area contributed by atoms with E-state index in [1.54, 1.807) is 42.7 Å². The van der Waals surface area contributed by atoms with Crippen LogP contribution in [0.5, 0.6) is 11.5 Å². The topological polar surface area (TPSA) is 115 Å². The molecule has 1 atom stereocenters. The molecule has 3 amide bonds. The van der Waals surface area contributed by atoms with E-state index in [0.29, 0.717) is 24.5 Å². The second-order valence-electron chi connectivity index (χ2n) is 9.62. The molecule has 36 heavy (non-hydrogen) atoms. The van der Waals surface area contributed by atoms with Gasteiger partial charge in [-0.3, -0.25) is 14.4 Å². The van der Waals surface area contributed by atoms with Gasteiger partial charge in [-0.05, 0) is 38.3 Å². The van der Waals surface area contributed by atoms with Gasteiger partial charge in [-0.2, -0.15) is 0 Å². The number of rotatable bonds is 9. The Morgan fingerprint density at radius 3 is 2.61 bits per heavy atom. The van der Waals surface area contributed by atoms with Crippen molar-refractivity contribution < 1.29 is 23.9 Å². The van der Waals surface area contributed by atoms with Crippen LogP contribution < -0.4 is 20.1 Å². The fraction of sp³-hybridized carbons (Fsp3) is 0.538. The van der Waals surface area contributed by atoms with Crippen molar-refractivity contribution in [3.05, 3.63) is 41.5 Å². The van der Waals surface area contributed by atoms with Crippen LogP contribution in [0.1, 0.15) is 72.5 Å². The molecular weight excluding hydrogens is 462 g/mol. The van der Waals surface area contributed by atoms with E-state index in [1.165, 1.54) is 6.33 Å². The summed E-state index contributed by atoms with van der Waals surface area (Å²) in [6.45, 7) is 4.59. The molecule has 2 heterocycles. The molecule has 1 aliphatic heterocycles. The van der Waals surface area contributed by atoms with Crippen molar-refractivity contribution in [2.45, 2.75) is 70.6 Å². The molecule has 2 aliphatic rings. The first-order chi connectivity index (χ1) is 17.3. The molecule has 1 aliphatic carbocycles. The van der Waals surface area contributed by atoms with Crippen molar-refractivity contribution in [1.82, 2.24) is 25.1 Å². The van der Waals surface area contributed by atoms with E-state index in [0.717, 1.165) is 31.2 Å². The number of fused-ring (bicyclic) bond motifs is 1. The first-order valence-electron chi connectivity index (χ1n) is 12.5. The first-order valence-corrected chi connectivity index (χ1v) is 12.5. The monoisotopic (exact) mass is 497 g/mol. The number of imidazole rings is 1. The Kier molecular flexibility index (Phi) is 7.51. The summed E-state index contributed by atoms with van der Waals surface area (Å²) in [5, 5.41) is 5.99. The Bertz CT molecular complexity index is 1140. The predicted molar refractivity (Wildman–Crippen MR) is 133 cm³/mol. The highest BCUT2D eigenvalue weighted by Gasteiger charge is 2.48. The average Bonchev–Trinajstić information content (AvgIpc) is 3.55. The Hall–Kier alpha value is -3.56. The molecule has 1 fully saturated rings. The van der Waals surface area contributed by atoms with Gasteiger partial charge in [0.1, 0.15) is 22.7 Å². The molecule has 4 rings (SSSR count). The van der Waals surface area contributed by atoms with E-state index in [4.69, 9.17) is 9.47 Å². The van der Waals surface area contributed by atoms with Crippen LogP contribution in [-0.2, 0) is 17.9 Å². The van der Waals surface area contributed by atoms with Crippen LogP contribution in [0.2, 0.25) is 0 Å². The summed E-state index contributed by atoms with van der Waals surface area (Å²) in [5.74, 6) is 0.234. The molecule has 0 saturated heterocycles. The third-order valence-corrected chi connectivity index (χ3v) is 7.13. The number of hydrogen-bond acceptors (Lipinski definition) is 6. The highest BCUT2D eigenvalue weighted by molar-refractivity contribution is 6.07. The molecule has 1 unspecified atom stereocenters. The van der Waals surface area contributed by atoms with Gasteiger partial charge in [0.2, 0.25) is 5.91 Å². The number of carbonyl (C=O) groups excluding carboxylic acids is 3. The molecular formula is C26H35N5O5. The summed E-state index contributed by atoms with van der Waals surface area (Å²) < 4.78 is 12.3. The van der Waals surface area contributed by atoms with Gasteiger partial charge in [0.05, 0.1) is 27.1 Å². The van der Waals surface area contributed by atoms with Crippen LogP contribution in [0.15, 0.2) is 24.5 Å². The van der Waals surface area contributed by atoms with E-state index < -0.39 is 11.4 Å². The van der Waals surface area contributed by atoms with E-state index >= 15 is 0 Å². The molecule has 1 saturated carbocycles. The Morgan fingerprint density at radius 2 is 1.94 bits per heavy atom. The zero-order valence-corrected chi connectivity index (χ0v) is 21.4. The largest absolute Gasteiger partial charge is 0.497 e. The van der Waals surface area contributed by atoms with Gasteiger partial charge < -0.3 is 29.6 Å². The summed E-state index contributed by atoms with van der Waals surface area (Å²) in [7, 11) is 3.12. The zero-order chi connectivity index (χ0) is 25.9. The number of ether oxygens (including phenoxy) is 2. The van der Waals surface area contributed by atoms with E-state index in [2.05, 4.69) is 15.6 Å². The van der Waals surface area contributed by atoms with E-state index in [9.17, 15) is 14.4 Å². The number of amides is 3. The highest BCUT2D eigenvalue weighted by atomic mass is 16.5. The van der Waals surface area contributed by atoms with Crippen molar-refractivity contribution in [2.75, 3.05) is 20.8 Å². The lowest BCUT2D eigenvalue weighted by molar-refractivity contribution is -0.133. The van der Waals surface area contributed by atoms with Crippen LogP contribution >= 0.6 is 0 Å². The number of hydrogen-bond donors (Lipinski definition) is 2. The van der Waals surface area contributed by atoms with Crippen molar-refractivity contribution >= 4 is 17.7 Å². The number of benzene rings is 1. The third kappa shape index (κ3) is 4.76.